The number of rotatable bonds is 7. The van der Waals surface area contributed by atoms with E-state index in [1.165, 1.54) is 0 Å². The van der Waals surface area contributed by atoms with E-state index in [-0.39, 0.29) is 5.91 Å². The van der Waals surface area contributed by atoms with Crippen molar-refractivity contribution in [2.24, 2.45) is 0 Å². The summed E-state index contributed by atoms with van der Waals surface area (Å²) in [7, 11) is 0. The third kappa shape index (κ3) is 6.45. The molecule has 0 aliphatic carbocycles. The number of amides is 1. The highest BCUT2D eigenvalue weighted by Gasteiger charge is 2.15. The third-order valence-electron chi connectivity index (χ3n) is 3.76. The Morgan fingerprint density at radius 2 is 1.70 bits per heavy atom. The normalized spacial score (nSPS) is 11.2. The van der Waals surface area contributed by atoms with Gasteiger partial charge in [0.1, 0.15) is 11.5 Å². The van der Waals surface area contributed by atoms with Gasteiger partial charge < -0.3 is 14.8 Å². The van der Waals surface area contributed by atoms with Crippen LogP contribution in [0, 0.1) is 0 Å². The molecule has 0 saturated heterocycles. The third-order valence-corrected chi connectivity index (χ3v) is 3.97. The van der Waals surface area contributed by atoms with Crippen LogP contribution in [0.4, 0.5) is 5.69 Å². The molecule has 0 unspecified atom stereocenters. The van der Waals surface area contributed by atoms with Gasteiger partial charge in [-0.25, -0.2) is 0 Å². The van der Waals surface area contributed by atoms with Crippen molar-refractivity contribution in [2.45, 2.75) is 33.3 Å². The monoisotopic (exact) mass is 387 g/mol. The molecule has 1 atom stereocenters. The molecule has 0 aromatic heterocycles. The zero-order valence-electron chi connectivity index (χ0n) is 15.7. The summed E-state index contributed by atoms with van der Waals surface area (Å²) in [5.74, 6) is 1.00. The zero-order valence-corrected chi connectivity index (χ0v) is 16.6. The smallest absolute Gasteiger partial charge is 0.279 e. The molecule has 0 aliphatic heterocycles. The fourth-order valence-corrected chi connectivity index (χ4v) is 2.52. The van der Waals surface area contributed by atoms with Crippen molar-refractivity contribution in [1.82, 2.24) is 10.9 Å². The van der Waals surface area contributed by atoms with Crippen molar-refractivity contribution < 1.29 is 14.3 Å². The maximum atomic E-state index is 12.2. The minimum absolute atomic E-state index is 0.303. The van der Waals surface area contributed by atoms with Gasteiger partial charge in [0, 0.05) is 5.69 Å². The Hall–Kier alpha value is -2.80. The molecule has 0 spiro atoms. The zero-order chi connectivity index (χ0) is 19.6. The number of hydrogen-bond acceptors (Lipinski definition) is 4. The van der Waals surface area contributed by atoms with Crippen molar-refractivity contribution in [1.29, 1.82) is 0 Å². The first-order valence-corrected chi connectivity index (χ1v) is 9.28. The summed E-state index contributed by atoms with van der Waals surface area (Å²) >= 11 is 5.23. The minimum Gasteiger partial charge on any atom is -0.494 e. The lowest BCUT2D eigenvalue weighted by atomic mass is 10.1. The summed E-state index contributed by atoms with van der Waals surface area (Å²) in [4.78, 5) is 12.2. The van der Waals surface area contributed by atoms with Crippen LogP contribution in [0.15, 0.2) is 48.5 Å². The molecule has 0 radical (unpaired) electrons. The molecule has 27 heavy (non-hydrogen) atoms. The molecule has 144 valence electrons. The van der Waals surface area contributed by atoms with Crippen molar-refractivity contribution in [3.8, 4) is 11.5 Å². The molecule has 2 aromatic rings. The number of ether oxygens (including phenoxy) is 2. The molecule has 2 rings (SSSR count). The van der Waals surface area contributed by atoms with Crippen molar-refractivity contribution in [3.63, 3.8) is 0 Å². The van der Waals surface area contributed by atoms with Gasteiger partial charge >= 0.3 is 0 Å². The maximum Gasteiger partial charge on any atom is 0.279 e. The molecule has 0 bridgehead atoms. The molecule has 2 aromatic carbocycles. The molecule has 0 aliphatic rings. The summed E-state index contributed by atoms with van der Waals surface area (Å²) in [6, 6.07) is 15.0. The van der Waals surface area contributed by atoms with Gasteiger partial charge in [-0.2, -0.15) is 0 Å². The van der Waals surface area contributed by atoms with Crippen LogP contribution in [0.3, 0.4) is 0 Å². The number of anilines is 1. The van der Waals surface area contributed by atoms with E-state index in [1.54, 1.807) is 31.2 Å². The van der Waals surface area contributed by atoms with E-state index in [2.05, 4.69) is 23.1 Å². The number of aryl methyl sites for hydroxylation is 1. The van der Waals surface area contributed by atoms with E-state index >= 15 is 0 Å². The second-order valence-corrected chi connectivity index (χ2v) is 6.15. The van der Waals surface area contributed by atoms with E-state index in [0.717, 1.165) is 23.4 Å². The van der Waals surface area contributed by atoms with Crippen molar-refractivity contribution in [3.05, 3.63) is 54.1 Å². The lowest BCUT2D eigenvalue weighted by molar-refractivity contribution is -0.127. The summed E-state index contributed by atoms with van der Waals surface area (Å²) < 4.78 is 11.0. The molecular formula is C20H25N3O3S. The lowest BCUT2D eigenvalue weighted by Gasteiger charge is -2.17. The predicted molar refractivity (Wildman–Crippen MR) is 111 cm³/mol. The molecule has 0 heterocycles. The summed E-state index contributed by atoms with van der Waals surface area (Å²) in [5.41, 5.74) is 7.29. The Kier molecular flexibility index (Phi) is 7.88. The summed E-state index contributed by atoms with van der Waals surface area (Å²) in [5, 5.41) is 3.38. The van der Waals surface area contributed by atoms with E-state index in [0.29, 0.717) is 17.5 Å². The lowest BCUT2D eigenvalue weighted by Crippen LogP contribution is -2.48. The fourth-order valence-electron chi connectivity index (χ4n) is 2.36. The van der Waals surface area contributed by atoms with E-state index in [4.69, 9.17) is 21.7 Å². The number of hydrogen-bond donors (Lipinski definition) is 3. The number of carbonyl (C=O) groups is 1. The number of benzene rings is 2. The summed E-state index contributed by atoms with van der Waals surface area (Å²) in [6.45, 7) is 6.25. The first-order valence-electron chi connectivity index (χ1n) is 8.87. The number of para-hydroxylation sites is 1. The molecule has 7 heteroatoms. The molecular weight excluding hydrogens is 362 g/mol. The fraction of sp³-hybridized carbons (Fsp3) is 0.300. The predicted octanol–water partition coefficient (Wildman–Crippen LogP) is 3.43. The van der Waals surface area contributed by atoms with Crippen LogP contribution in [0.1, 0.15) is 26.3 Å². The van der Waals surface area contributed by atoms with Crippen molar-refractivity contribution >= 4 is 28.9 Å². The average Bonchev–Trinajstić information content (AvgIpc) is 2.68. The number of thiocarbonyl (C=S) groups is 1. The Balaban J connectivity index is 1.81. The number of hydrazine groups is 1. The Morgan fingerprint density at radius 3 is 2.37 bits per heavy atom. The standard InChI is InChI=1S/C20H25N3O3S/c1-4-15-8-6-7-9-18(15)21-20(27)23-22-19(24)14(3)26-17-12-10-16(11-13-17)25-5-2/h6-14H,4-5H2,1-3H3,(H,22,24)(H2,21,23,27)/t14-/m1/s1. The van der Waals surface area contributed by atoms with E-state index < -0.39 is 6.10 Å². The molecule has 0 saturated carbocycles. The Bertz CT molecular complexity index is 765. The van der Waals surface area contributed by atoms with E-state index in [1.807, 2.05) is 31.2 Å². The second-order valence-electron chi connectivity index (χ2n) is 5.74. The van der Waals surface area contributed by atoms with E-state index in [9.17, 15) is 4.79 Å². The van der Waals surface area contributed by atoms with Gasteiger partial charge in [-0.05, 0) is 68.4 Å². The van der Waals surface area contributed by atoms with Crippen LogP contribution in [-0.2, 0) is 11.2 Å². The van der Waals surface area contributed by atoms with Gasteiger partial charge in [0.15, 0.2) is 11.2 Å². The number of nitrogens with one attached hydrogen (secondary N) is 3. The molecule has 6 nitrogen and oxygen atoms in total. The van der Waals surface area contributed by atoms with Gasteiger partial charge in [0.25, 0.3) is 5.91 Å². The van der Waals surface area contributed by atoms with Gasteiger partial charge in [-0.3, -0.25) is 15.6 Å². The SMILES string of the molecule is CCOc1ccc(O[C@H](C)C(=O)NNC(=S)Nc2ccccc2CC)cc1. The van der Waals surface area contributed by atoms with Gasteiger partial charge in [-0.1, -0.05) is 25.1 Å². The molecule has 1 amide bonds. The quantitative estimate of drug-likeness (QED) is 0.499. The van der Waals surface area contributed by atoms with Crippen LogP contribution in [-0.4, -0.2) is 23.7 Å². The van der Waals surface area contributed by atoms with Gasteiger partial charge in [-0.15, -0.1) is 0 Å². The average molecular weight is 388 g/mol. The van der Waals surface area contributed by atoms with Crippen LogP contribution < -0.4 is 25.6 Å². The highest BCUT2D eigenvalue weighted by Crippen LogP contribution is 2.18. The molecule has 0 fully saturated rings. The Morgan fingerprint density at radius 1 is 1.04 bits per heavy atom. The van der Waals surface area contributed by atoms with Gasteiger partial charge in [0.05, 0.1) is 6.61 Å². The molecule has 3 N–H and O–H groups in total. The highest BCUT2D eigenvalue weighted by molar-refractivity contribution is 7.80. The van der Waals surface area contributed by atoms with Crippen LogP contribution in [0.5, 0.6) is 11.5 Å². The first kappa shape index (κ1) is 20.5. The minimum atomic E-state index is -0.693. The van der Waals surface area contributed by atoms with Crippen LogP contribution in [0.25, 0.3) is 0 Å². The summed E-state index contributed by atoms with van der Waals surface area (Å²) in [6.07, 6.45) is 0.187. The highest BCUT2D eigenvalue weighted by atomic mass is 32.1. The van der Waals surface area contributed by atoms with Crippen LogP contribution >= 0.6 is 12.2 Å². The van der Waals surface area contributed by atoms with Gasteiger partial charge in [0.2, 0.25) is 0 Å². The number of carbonyl (C=O) groups excluding carboxylic acids is 1. The van der Waals surface area contributed by atoms with Crippen LogP contribution in [0.2, 0.25) is 0 Å². The van der Waals surface area contributed by atoms with Crippen molar-refractivity contribution in [2.75, 3.05) is 11.9 Å². The first-order chi connectivity index (χ1) is 13.0. The largest absolute Gasteiger partial charge is 0.494 e. The maximum absolute atomic E-state index is 12.2. The topological polar surface area (TPSA) is 71.6 Å². The second kappa shape index (κ2) is 10.4. The Labute approximate surface area is 165 Å².